The first kappa shape index (κ1) is 16.5. The van der Waals surface area contributed by atoms with Gasteiger partial charge in [0.05, 0.1) is 12.6 Å². The van der Waals surface area contributed by atoms with E-state index < -0.39 is 0 Å². The predicted molar refractivity (Wildman–Crippen MR) is 92.4 cm³/mol. The van der Waals surface area contributed by atoms with E-state index in [1.807, 2.05) is 49.4 Å². The van der Waals surface area contributed by atoms with Crippen LogP contribution in [0.2, 0.25) is 0 Å². The highest BCUT2D eigenvalue weighted by molar-refractivity contribution is 5.57. The molecule has 0 saturated carbocycles. The molecule has 24 heavy (non-hydrogen) atoms. The molecule has 2 aromatic heterocycles. The molecule has 0 aliphatic heterocycles. The van der Waals surface area contributed by atoms with E-state index in [0.29, 0.717) is 12.4 Å². The summed E-state index contributed by atoms with van der Waals surface area (Å²) in [5, 5.41) is 7.41. The van der Waals surface area contributed by atoms with Gasteiger partial charge in [0.25, 0.3) is 0 Å². The molecule has 0 spiro atoms. The number of nitrogens with one attached hydrogen (secondary N) is 1. The lowest BCUT2D eigenvalue weighted by molar-refractivity contribution is 0.326. The van der Waals surface area contributed by atoms with Gasteiger partial charge >= 0.3 is 0 Å². The van der Waals surface area contributed by atoms with Crippen molar-refractivity contribution in [2.45, 2.75) is 45.7 Å². The van der Waals surface area contributed by atoms with E-state index in [0.717, 1.165) is 22.9 Å². The van der Waals surface area contributed by atoms with Crippen molar-refractivity contribution in [3.05, 3.63) is 59.9 Å². The Hall–Kier alpha value is -2.40. The molecule has 1 aromatic carbocycles. The van der Waals surface area contributed by atoms with Crippen LogP contribution in [0.1, 0.15) is 51.2 Å². The fraction of sp³-hybridized carbons (Fsp3) is 0.368. The molecule has 0 bridgehead atoms. The minimum Gasteiger partial charge on any atom is -0.460 e. The van der Waals surface area contributed by atoms with Crippen LogP contribution in [0.5, 0.6) is 0 Å². The smallest absolute Gasteiger partial charge is 0.243 e. The molecule has 2 heterocycles. The summed E-state index contributed by atoms with van der Waals surface area (Å²) in [6, 6.07) is 14.0. The molecule has 3 rings (SSSR count). The summed E-state index contributed by atoms with van der Waals surface area (Å²) in [5.74, 6) is 3.05. The monoisotopic (exact) mass is 325 g/mol. The number of hydrogen-bond acceptors (Lipinski definition) is 5. The topological polar surface area (TPSA) is 64.1 Å². The van der Waals surface area contributed by atoms with E-state index in [1.165, 1.54) is 0 Å². The third kappa shape index (κ3) is 3.74. The van der Waals surface area contributed by atoms with Gasteiger partial charge < -0.3 is 8.94 Å². The van der Waals surface area contributed by atoms with Crippen LogP contribution in [-0.2, 0) is 12.0 Å². The van der Waals surface area contributed by atoms with Crippen LogP contribution in [0.4, 0.5) is 0 Å². The first-order chi connectivity index (χ1) is 11.4. The van der Waals surface area contributed by atoms with Crippen LogP contribution in [0.15, 0.2) is 51.4 Å². The molecular formula is C19H23N3O2. The Labute approximate surface area is 142 Å². The van der Waals surface area contributed by atoms with Gasteiger partial charge in [0, 0.05) is 11.0 Å². The zero-order valence-corrected chi connectivity index (χ0v) is 14.5. The van der Waals surface area contributed by atoms with Gasteiger partial charge in [-0.3, -0.25) is 5.32 Å². The summed E-state index contributed by atoms with van der Waals surface area (Å²) in [4.78, 5) is 4.48. The van der Waals surface area contributed by atoms with Crippen molar-refractivity contribution in [3.63, 3.8) is 0 Å². The van der Waals surface area contributed by atoms with Crippen molar-refractivity contribution < 1.29 is 8.94 Å². The van der Waals surface area contributed by atoms with E-state index in [4.69, 9.17) is 8.94 Å². The van der Waals surface area contributed by atoms with Crippen LogP contribution in [0.25, 0.3) is 11.3 Å². The third-order valence-corrected chi connectivity index (χ3v) is 3.79. The maximum absolute atomic E-state index is 5.89. The fourth-order valence-electron chi connectivity index (χ4n) is 2.29. The number of furan rings is 1. The quantitative estimate of drug-likeness (QED) is 0.749. The number of benzene rings is 1. The molecule has 0 fully saturated rings. The summed E-state index contributed by atoms with van der Waals surface area (Å²) in [6.45, 7) is 8.79. The van der Waals surface area contributed by atoms with E-state index >= 15 is 0 Å². The molecule has 5 nitrogen and oxygen atoms in total. The van der Waals surface area contributed by atoms with Crippen molar-refractivity contribution in [3.8, 4) is 11.3 Å². The summed E-state index contributed by atoms with van der Waals surface area (Å²) < 4.78 is 11.2. The number of nitrogens with zero attached hydrogens (tertiary/aromatic N) is 2. The van der Waals surface area contributed by atoms with Crippen LogP contribution >= 0.6 is 0 Å². The van der Waals surface area contributed by atoms with Gasteiger partial charge in [-0.1, -0.05) is 56.3 Å². The van der Waals surface area contributed by atoms with Crippen molar-refractivity contribution >= 4 is 0 Å². The van der Waals surface area contributed by atoms with Gasteiger partial charge in [0.15, 0.2) is 5.82 Å². The number of aromatic nitrogens is 2. The lowest BCUT2D eigenvalue weighted by Crippen LogP contribution is -2.19. The zero-order valence-electron chi connectivity index (χ0n) is 14.5. The zero-order chi connectivity index (χ0) is 17.2. The molecule has 0 amide bonds. The van der Waals surface area contributed by atoms with Gasteiger partial charge in [-0.05, 0) is 19.1 Å². The molecule has 5 heteroatoms. The third-order valence-electron chi connectivity index (χ3n) is 3.79. The van der Waals surface area contributed by atoms with Gasteiger partial charge in [-0.2, -0.15) is 4.98 Å². The summed E-state index contributed by atoms with van der Waals surface area (Å²) in [5.41, 5.74) is 0.955. The lowest BCUT2D eigenvalue weighted by Gasteiger charge is -2.11. The van der Waals surface area contributed by atoms with Crippen LogP contribution in [0.3, 0.4) is 0 Å². The second-order valence-electron chi connectivity index (χ2n) is 6.94. The Bertz CT molecular complexity index is 784. The minimum atomic E-state index is -0.118. The average molecular weight is 325 g/mol. The Balaban J connectivity index is 1.62. The van der Waals surface area contributed by atoms with Crippen molar-refractivity contribution in [2.24, 2.45) is 0 Å². The van der Waals surface area contributed by atoms with Crippen LogP contribution < -0.4 is 5.32 Å². The highest BCUT2D eigenvalue weighted by Gasteiger charge is 2.23. The van der Waals surface area contributed by atoms with Gasteiger partial charge in [0.2, 0.25) is 5.89 Å². The highest BCUT2D eigenvalue weighted by Crippen LogP contribution is 2.23. The summed E-state index contributed by atoms with van der Waals surface area (Å²) in [7, 11) is 0. The minimum absolute atomic E-state index is 0.0427. The fourth-order valence-corrected chi connectivity index (χ4v) is 2.29. The molecule has 0 radical (unpaired) electrons. The van der Waals surface area contributed by atoms with Gasteiger partial charge in [-0.15, -0.1) is 0 Å². The van der Waals surface area contributed by atoms with Crippen molar-refractivity contribution in [1.29, 1.82) is 0 Å². The summed E-state index contributed by atoms with van der Waals surface area (Å²) >= 11 is 0. The maximum Gasteiger partial charge on any atom is 0.243 e. The average Bonchev–Trinajstić information content (AvgIpc) is 3.22. The number of hydrogen-bond donors (Lipinski definition) is 1. The molecule has 0 aliphatic rings. The molecule has 1 N–H and O–H groups in total. The SMILES string of the molecule is CC(NCc1ccc(-c2ccccc2)o1)c1nc(C(C)(C)C)no1. The molecule has 0 aliphatic carbocycles. The molecule has 1 atom stereocenters. The molecular weight excluding hydrogens is 302 g/mol. The normalized spacial score (nSPS) is 13.2. The Morgan fingerprint density at radius 3 is 2.50 bits per heavy atom. The first-order valence-electron chi connectivity index (χ1n) is 8.15. The Morgan fingerprint density at radius 1 is 1.08 bits per heavy atom. The largest absolute Gasteiger partial charge is 0.460 e. The molecule has 3 aromatic rings. The van der Waals surface area contributed by atoms with E-state index in [1.54, 1.807) is 0 Å². The second-order valence-corrected chi connectivity index (χ2v) is 6.94. The second kappa shape index (κ2) is 6.61. The highest BCUT2D eigenvalue weighted by atomic mass is 16.5. The Kier molecular flexibility index (Phi) is 4.53. The lowest BCUT2D eigenvalue weighted by atomic mass is 9.96. The van der Waals surface area contributed by atoms with Gasteiger partial charge in [-0.25, -0.2) is 0 Å². The maximum atomic E-state index is 5.89. The standard InChI is InChI=1S/C19H23N3O2/c1-13(17-21-18(22-24-17)19(2,3)4)20-12-15-10-11-16(23-15)14-8-6-5-7-9-14/h5-11,13,20H,12H2,1-4H3. The molecule has 0 saturated heterocycles. The van der Waals surface area contributed by atoms with Crippen molar-refractivity contribution in [2.75, 3.05) is 0 Å². The predicted octanol–water partition coefficient (Wildman–Crippen LogP) is 4.48. The molecule has 126 valence electrons. The first-order valence-corrected chi connectivity index (χ1v) is 8.15. The molecule has 1 unspecified atom stereocenters. The summed E-state index contributed by atoms with van der Waals surface area (Å²) in [6.07, 6.45) is 0. The Morgan fingerprint density at radius 2 is 1.83 bits per heavy atom. The van der Waals surface area contributed by atoms with E-state index in [-0.39, 0.29) is 11.5 Å². The van der Waals surface area contributed by atoms with Crippen LogP contribution in [0, 0.1) is 0 Å². The van der Waals surface area contributed by atoms with E-state index in [2.05, 4.69) is 36.2 Å². The van der Waals surface area contributed by atoms with E-state index in [9.17, 15) is 0 Å². The van der Waals surface area contributed by atoms with Gasteiger partial charge in [0.1, 0.15) is 11.5 Å². The number of rotatable bonds is 5. The van der Waals surface area contributed by atoms with Crippen LogP contribution in [-0.4, -0.2) is 10.1 Å². The van der Waals surface area contributed by atoms with Crippen molar-refractivity contribution in [1.82, 2.24) is 15.5 Å².